The molecule has 17 heavy (non-hydrogen) atoms. The molecular weight excluding hydrogens is 220 g/mol. The third-order valence-electron chi connectivity index (χ3n) is 2.91. The summed E-state index contributed by atoms with van der Waals surface area (Å²) in [5, 5.41) is 12.3. The van der Waals surface area contributed by atoms with Gasteiger partial charge in [-0.3, -0.25) is 0 Å². The van der Waals surface area contributed by atoms with Crippen LogP contribution in [0.4, 0.5) is 5.69 Å². The van der Waals surface area contributed by atoms with E-state index in [2.05, 4.69) is 5.32 Å². The maximum atomic E-state index is 11.1. The van der Waals surface area contributed by atoms with Gasteiger partial charge >= 0.3 is 5.97 Å². The molecule has 92 valence electrons. The Hall–Kier alpha value is -1.75. The molecule has 2 rings (SSSR count). The lowest BCUT2D eigenvalue weighted by molar-refractivity contribution is 0.0686. The fourth-order valence-corrected chi connectivity index (χ4v) is 2.01. The number of aromatic carboxylic acids is 1. The minimum absolute atomic E-state index is 0.0898. The van der Waals surface area contributed by atoms with Crippen LogP contribution in [-0.2, 0) is 0 Å². The monoisotopic (exact) mass is 236 g/mol. The third-order valence-corrected chi connectivity index (χ3v) is 2.91. The molecule has 2 unspecified atom stereocenters. The van der Waals surface area contributed by atoms with Crippen LogP contribution in [0.25, 0.3) is 0 Å². The molecule has 0 bridgehead atoms. The SMILES string of the molecule is CC1Nc2cccc(C(=O)O)c2OC1CCN. The average molecular weight is 236 g/mol. The molecule has 1 heterocycles. The number of carbonyl (C=O) groups is 1. The second-order valence-corrected chi connectivity index (χ2v) is 4.15. The van der Waals surface area contributed by atoms with Gasteiger partial charge < -0.3 is 20.9 Å². The Bertz CT molecular complexity index is 434. The van der Waals surface area contributed by atoms with E-state index in [1.165, 1.54) is 0 Å². The first-order valence-corrected chi connectivity index (χ1v) is 5.63. The fourth-order valence-electron chi connectivity index (χ4n) is 2.01. The first kappa shape index (κ1) is 11.7. The van der Waals surface area contributed by atoms with Gasteiger partial charge in [-0.2, -0.15) is 0 Å². The molecule has 0 saturated carbocycles. The highest BCUT2D eigenvalue weighted by Gasteiger charge is 2.28. The normalized spacial score (nSPS) is 22.2. The summed E-state index contributed by atoms with van der Waals surface area (Å²) in [6.07, 6.45) is 0.606. The zero-order chi connectivity index (χ0) is 12.4. The van der Waals surface area contributed by atoms with Crippen molar-refractivity contribution in [3.63, 3.8) is 0 Å². The highest BCUT2D eigenvalue weighted by molar-refractivity contribution is 5.93. The molecule has 1 aliphatic rings. The van der Waals surface area contributed by atoms with Crippen molar-refractivity contribution in [3.05, 3.63) is 23.8 Å². The van der Waals surface area contributed by atoms with Gasteiger partial charge in [0.25, 0.3) is 0 Å². The van der Waals surface area contributed by atoms with E-state index in [1.54, 1.807) is 12.1 Å². The van der Waals surface area contributed by atoms with Gasteiger partial charge in [0.15, 0.2) is 5.75 Å². The number of carboxylic acids is 1. The number of rotatable bonds is 3. The fraction of sp³-hybridized carbons (Fsp3) is 0.417. The molecule has 0 aromatic heterocycles. The van der Waals surface area contributed by atoms with E-state index < -0.39 is 5.97 Å². The number of carboxylic acid groups (broad SMARTS) is 1. The Morgan fingerprint density at radius 1 is 1.59 bits per heavy atom. The van der Waals surface area contributed by atoms with Crippen LogP contribution in [-0.4, -0.2) is 29.8 Å². The third kappa shape index (κ3) is 2.19. The maximum Gasteiger partial charge on any atom is 0.339 e. The van der Waals surface area contributed by atoms with Crippen molar-refractivity contribution in [1.82, 2.24) is 0 Å². The molecule has 5 nitrogen and oxygen atoms in total. The number of fused-ring (bicyclic) bond motifs is 1. The van der Waals surface area contributed by atoms with Gasteiger partial charge in [-0.05, 0) is 32.0 Å². The molecule has 0 aliphatic carbocycles. The largest absolute Gasteiger partial charge is 0.485 e. The van der Waals surface area contributed by atoms with Crippen LogP contribution in [0.5, 0.6) is 5.75 Å². The average Bonchev–Trinajstić information content (AvgIpc) is 2.29. The van der Waals surface area contributed by atoms with Crippen LogP contribution in [0, 0.1) is 0 Å². The van der Waals surface area contributed by atoms with Gasteiger partial charge in [0.1, 0.15) is 11.7 Å². The Morgan fingerprint density at radius 2 is 2.35 bits per heavy atom. The van der Waals surface area contributed by atoms with E-state index in [0.717, 1.165) is 5.69 Å². The Morgan fingerprint density at radius 3 is 3.00 bits per heavy atom. The van der Waals surface area contributed by atoms with Crippen LogP contribution < -0.4 is 15.8 Å². The van der Waals surface area contributed by atoms with Crippen LogP contribution in [0.15, 0.2) is 18.2 Å². The number of anilines is 1. The molecule has 2 atom stereocenters. The minimum Gasteiger partial charge on any atom is -0.485 e. The zero-order valence-electron chi connectivity index (χ0n) is 9.64. The zero-order valence-corrected chi connectivity index (χ0v) is 9.64. The molecule has 4 N–H and O–H groups in total. The summed E-state index contributed by atoms with van der Waals surface area (Å²) in [4.78, 5) is 11.1. The van der Waals surface area contributed by atoms with E-state index in [4.69, 9.17) is 15.6 Å². The van der Waals surface area contributed by atoms with Gasteiger partial charge in [-0.15, -0.1) is 0 Å². The van der Waals surface area contributed by atoms with Gasteiger partial charge in [0.2, 0.25) is 0 Å². The van der Waals surface area contributed by atoms with E-state index in [1.807, 2.05) is 13.0 Å². The molecule has 0 amide bonds. The summed E-state index contributed by atoms with van der Waals surface area (Å²) in [5.41, 5.74) is 6.43. The van der Waals surface area contributed by atoms with Crippen molar-refractivity contribution in [2.24, 2.45) is 5.73 Å². The number of hydrogen-bond donors (Lipinski definition) is 3. The van der Waals surface area contributed by atoms with E-state index in [9.17, 15) is 4.79 Å². The maximum absolute atomic E-state index is 11.1. The lowest BCUT2D eigenvalue weighted by Gasteiger charge is -2.33. The summed E-state index contributed by atoms with van der Waals surface area (Å²) in [7, 11) is 0. The van der Waals surface area contributed by atoms with Crippen molar-refractivity contribution >= 4 is 11.7 Å². The molecule has 1 aliphatic heterocycles. The van der Waals surface area contributed by atoms with Crippen LogP contribution in [0.3, 0.4) is 0 Å². The standard InChI is InChI=1S/C12H16N2O3/c1-7-10(5-6-13)17-11-8(12(15)16)3-2-4-9(11)14-7/h2-4,7,10,14H,5-6,13H2,1H3,(H,15,16). The smallest absolute Gasteiger partial charge is 0.339 e. The van der Waals surface area contributed by atoms with Crippen molar-refractivity contribution in [2.75, 3.05) is 11.9 Å². The Kier molecular flexibility index (Phi) is 3.19. The molecule has 1 aromatic rings. The quantitative estimate of drug-likeness (QED) is 0.736. The number of ether oxygens (including phenoxy) is 1. The molecule has 0 radical (unpaired) electrons. The molecule has 0 fully saturated rings. The molecular formula is C12H16N2O3. The Balaban J connectivity index is 2.36. The van der Waals surface area contributed by atoms with Gasteiger partial charge in [0, 0.05) is 0 Å². The number of nitrogens with two attached hydrogens (primary N) is 1. The molecule has 0 spiro atoms. The van der Waals surface area contributed by atoms with Crippen molar-refractivity contribution in [3.8, 4) is 5.75 Å². The highest BCUT2D eigenvalue weighted by atomic mass is 16.5. The van der Waals surface area contributed by atoms with E-state index in [-0.39, 0.29) is 17.7 Å². The number of para-hydroxylation sites is 1. The molecule has 1 aromatic carbocycles. The van der Waals surface area contributed by atoms with Crippen molar-refractivity contribution in [1.29, 1.82) is 0 Å². The topological polar surface area (TPSA) is 84.6 Å². The van der Waals surface area contributed by atoms with Gasteiger partial charge in [-0.1, -0.05) is 6.07 Å². The van der Waals surface area contributed by atoms with Crippen molar-refractivity contribution in [2.45, 2.75) is 25.5 Å². The van der Waals surface area contributed by atoms with Crippen LogP contribution >= 0.6 is 0 Å². The second kappa shape index (κ2) is 4.63. The predicted molar refractivity (Wildman–Crippen MR) is 64.6 cm³/mol. The van der Waals surface area contributed by atoms with Gasteiger partial charge in [-0.25, -0.2) is 4.79 Å². The predicted octanol–water partition coefficient (Wildman–Crippen LogP) is 1.29. The summed E-state index contributed by atoms with van der Waals surface area (Å²) < 4.78 is 5.75. The summed E-state index contributed by atoms with van der Waals surface area (Å²) >= 11 is 0. The van der Waals surface area contributed by atoms with Crippen LogP contribution in [0.2, 0.25) is 0 Å². The molecule has 5 heteroatoms. The van der Waals surface area contributed by atoms with Gasteiger partial charge in [0.05, 0.1) is 11.7 Å². The summed E-state index contributed by atoms with van der Waals surface area (Å²) in [6.45, 7) is 2.51. The number of benzene rings is 1. The lowest BCUT2D eigenvalue weighted by Crippen LogP contribution is -2.41. The van der Waals surface area contributed by atoms with E-state index >= 15 is 0 Å². The highest BCUT2D eigenvalue weighted by Crippen LogP contribution is 2.35. The number of nitrogens with one attached hydrogen (secondary N) is 1. The van der Waals surface area contributed by atoms with Crippen molar-refractivity contribution < 1.29 is 14.6 Å². The summed E-state index contributed by atoms with van der Waals surface area (Å²) in [6, 6.07) is 5.18. The first-order chi connectivity index (χ1) is 8.13. The minimum atomic E-state index is -0.982. The van der Waals surface area contributed by atoms with Crippen LogP contribution in [0.1, 0.15) is 23.7 Å². The number of hydrogen-bond acceptors (Lipinski definition) is 4. The molecule has 0 saturated heterocycles. The summed E-state index contributed by atoms with van der Waals surface area (Å²) in [5.74, 6) is -0.568. The lowest BCUT2D eigenvalue weighted by atomic mass is 10.0. The Labute approximate surface area is 99.6 Å². The second-order valence-electron chi connectivity index (χ2n) is 4.15. The first-order valence-electron chi connectivity index (χ1n) is 5.63. The van der Waals surface area contributed by atoms with E-state index in [0.29, 0.717) is 18.7 Å².